The van der Waals surface area contributed by atoms with Gasteiger partial charge in [-0.05, 0) is 72.9 Å². The fourth-order valence-corrected chi connectivity index (χ4v) is 5.32. The summed E-state index contributed by atoms with van der Waals surface area (Å²) in [6.07, 6.45) is 3.16. The molecule has 0 aliphatic rings. The molecular weight excluding hydrogens is 368 g/mol. The topological polar surface area (TPSA) is 26.3 Å². The molecular formula is C28H16O2. The predicted molar refractivity (Wildman–Crippen MR) is 125 cm³/mol. The maximum absolute atomic E-state index is 12.3. The Morgan fingerprint density at radius 2 is 1.07 bits per heavy atom. The number of rotatable bonds is 2. The van der Waals surface area contributed by atoms with E-state index in [9.17, 15) is 4.79 Å². The Morgan fingerprint density at radius 1 is 0.633 bits per heavy atom. The molecule has 0 bridgehead atoms. The van der Waals surface area contributed by atoms with E-state index in [1.54, 1.807) is 6.08 Å². The lowest BCUT2D eigenvalue weighted by Crippen LogP contribution is -2.04. The lowest BCUT2D eigenvalue weighted by atomic mass is 9.83. The first kappa shape index (κ1) is 15.9. The van der Waals surface area contributed by atoms with Crippen LogP contribution in [-0.4, -0.2) is 5.97 Å². The van der Waals surface area contributed by atoms with E-state index in [2.05, 4.69) is 60.7 Å². The second-order valence-electron chi connectivity index (χ2n) is 8.04. The minimum atomic E-state index is -0.350. The van der Waals surface area contributed by atoms with Gasteiger partial charge in [-0.15, -0.1) is 0 Å². The van der Waals surface area contributed by atoms with Gasteiger partial charge in [-0.25, -0.2) is 4.79 Å². The van der Waals surface area contributed by atoms with Crippen LogP contribution < -0.4 is 4.74 Å². The van der Waals surface area contributed by atoms with Gasteiger partial charge in [0.2, 0.25) is 0 Å². The molecule has 0 aliphatic carbocycles. The van der Waals surface area contributed by atoms with E-state index in [1.807, 2.05) is 13.0 Å². The Labute approximate surface area is 172 Å². The molecule has 7 aromatic rings. The monoisotopic (exact) mass is 384 g/mol. The number of ether oxygens (including phenoxy) is 1. The first-order valence-corrected chi connectivity index (χ1v) is 10.2. The molecule has 7 aromatic carbocycles. The quantitative estimate of drug-likeness (QED) is 0.102. The van der Waals surface area contributed by atoms with Crippen molar-refractivity contribution < 1.29 is 9.53 Å². The fourth-order valence-electron chi connectivity index (χ4n) is 5.32. The van der Waals surface area contributed by atoms with Crippen LogP contribution in [0.25, 0.3) is 64.6 Å². The van der Waals surface area contributed by atoms with Crippen molar-refractivity contribution >= 4 is 70.6 Å². The fraction of sp³-hybridized carbons (Fsp3) is 0.0357. The molecule has 0 radical (unpaired) electrons. The lowest BCUT2D eigenvalue weighted by molar-refractivity contribution is -0.128. The summed E-state index contributed by atoms with van der Waals surface area (Å²) in [6.45, 7) is 1.82. The van der Waals surface area contributed by atoms with Crippen LogP contribution >= 0.6 is 0 Å². The van der Waals surface area contributed by atoms with E-state index in [0.717, 1.165) is 10.8 Å². The van der Waals surface area contributed by atoms with Crippen molar-refractivity contribution in [1.29, 1.82) is 0 Å². The van der Waals surface area contributed by atoms with Crippen molar-refractivity contribution in [3.8, 4) is 5.75 Å². The van der Waals surface area contributed by atoms with Crippen LogP contribution in [-0.2, 0) is 4.79 Å². The zero-order chi connectivity index (χ0) is 20.0. The van der Waals surface area contributed by atoms with E-state index in [0.29, 0.717) is 5.75 Å². The van der Waals surface area contributed by atoms with Crippen LogP contribution in [0.1, 0.15) is 6.92 Å². The van der Waals surface area contributed by atoms with Crippen LogP contribution in [0.4, 0.5) is 0 Å². The van der Waals surface area contributed by atoms with Gasteiger partial charge in [-0.2, -0.15) is 0 Å². The van der Waals surface area contributed by atoms with Gasteiger partial charge in [0.05, 0.1) is 0 Å². The van der Waals surface area contributed by atoms with E-state index in [4.69, 9.17) is 4.74 Å². The number of hydrogen-bond acceptors (Lipinski definition) is 2. The second kappa shape index (κ2) is 5.37. The summed E-state index contributed by atoms with van der Waals surface area (Å²) < 4.78 is 5.78. The minimum Gasteiger partial charge on any atom is -0.423 e. The van der Waals surface area contributed by atoms with Crippen molar-refractivity contribution in [2.24, 2.45) is 0 Å². The molecule has 0 N–H and O–H groups in total. The highest BCUT2D eigenvalue weighted by atomic mass is 16.5. The Bertz CT molecular complexity index is 1730. The molecule has 0 unspecified atom stereocenters. The predicted octanol–water partition coefficient (Wildman–Crippen LogP) is 7.40. The van der Waals surface area contributed by atoms with Crippen LogP contribution in [0, 0.1) is 0 Å². The molecule has 0 amide bonds. The lowest BCUT2D eigenvalue weighted by Gasteiger charge is -2.21. The molecule has 0 atom stereocenters. The molecule has 0 saturated carbocycles. The van der Waals surface area contributed by atoms with Crippen LogP contribution in [0.5, 0.6) is 5.75 Å². The van der Waals surface area contributed by atoms with Gasteiger partial charge in [-0.3, -0.25) is 0 Å². The Morgan fingerprint density at radius 3 is 1.60 bits per heavy atom. The van der Waals surface area contributed by atoms with Gasteiger partial charge in [0.1, 0.15) is 5.75 Å². The molecule has 7 rings (SSSR count). The molecule has 0 aromatic heterocycles. The third-order valence-electron chi connectivity index (χ3n) is 6.48. The van der Waals surface area contributed by atoms with Crippen molar-refractivity contribution in [2.75, 3.05) is 0 Å². The molecule has 2 heteroatoms. The normalized spacial score (nSPS) is 12.8. The van der Waals surface area contributed by atoms with E-state index in [-0.39, 0.29) is 5.97 Å². The summed E-state index contributed by atoms with van der Waals surface area (Å²) >= 11 is 0. The average Bonchev–Trinajstić information content (AvgIpc) is 2.77. The van der Waals surface area contributed by atoms with Gasteiger partial charge < -0.3 is 4.74 Å². The summed E-state index contributed by atoms with van der Waals surface area (Å²) in [5.74, 6) is 0.266. The molecule has 0 fully saturated rings. The third-order valence-corrected chi connectivity index (χ3v) is 6.48. The molecule has 2 nitrogen and oxygen atoms in total. The minimum absolute atomic E-state index is 0.350. The Hall–Kier alpha value is -3.91. The molecule has 140 valence electrons. The summed E-state index contributed by atoms with van der Waals surface area (Å²) in [4.78, 5) is 12.3. The Balaban J connectivity index is 1.81. The van der Waals surface area contributed by atoms with E-state index >= 15 is 0 Å². The zero-order valence-electron chi connectivity index (χ0n) is 16.3. The molecule has 0 saturated heterocycles. The zero-order valence-corrected chi connectivity index (χ0v) is 16.3. The summed E-state index contributed by atoms with van der Waals surface area (Å²) in [5, 5.41) is 14.7. The van der Waals surface area contributed by atoms with Crippen LogP contribution in [0.15, 0.2) is 78.9 Å². The number of carbonyl (C=O) groups excluding carboxylic acids is 1. The summed E-state index contributed by atoms with van der Waals surface area (Å²) in [5.41, 5.74) is 0. The highest BCUT2D eigenvalue weighted by Crippen LogP contribution is 2.49. The van der Waals surface area contributed by atoms with Gasteiger partial charge in [0.15, 0.2) is 0 Å². The van der Waals surface area contributed by atoms with Gasteiger partial charge in [0.25, 0.3) is 0 Å². The number of carbonyl (C=O) groups is 1. The average molecular weight is 384 g/mol. The van der Waals surface area contributed by atoms with Gasteiger partial charge in [0, 0.05) is 16.8 Å². The van der Waals surface area contributed by atoms with Crippen molar-refractivity contribution in [3.05, 3.63) is 78.9 Å². The summed E-state index contributed by atoms with van der Waals surface area (Å²) in [6, 6.07) is 23.8. The Kier molecular flexibility index (Phi) is 2.85. The van der Waals surface area contributed by atoms with Crippen molar-refractivity contribution in [3.63, 3.8) is 0 Å². The van der Waals surface area contributed by atoms with Gasteiger partial charge >= 0.3 is 5.97 Å². The SMILES string of the molecule is C/C=C/C(=O)Oc1cc2ccc3ccc4ccc5ccc6ccc1c1c6c5c4c3c21. The van der Waals surface area contributed by atoms with E-state index < -0.39 is 0 Å². The molecule has 30 heavy (non-hydrogen) atoms. The largest absolute Gasteiger partial charge is 0.423 e. The number of benzene rings is 7. The molecule has 0 spiro atoms. The van der Waals surface area contributed by atoms with Crippen LogP contribution in [0.3, 0.4) is 0 Å². The smallest absolute Gasteiger partial charge is 0.335 e. The molecule has 0 heterocycles. The standard InChI is InChI=1S/C28H16O2/c1-2-3-22(29)30-21-14-19-11-10-17-7-5-15-4-6-16-8-9-18-12-13-20(21)28-26(18)24(16)23(15)25(17)27(19)28/h2-14H,1H3/b3-2+. The van der Waals surface area contributed by atoms with E-state index in [1.165, 1.54) is 59.9 Å². The second-order valence-corrected chi connectivity index (χ2v) is 8.04. The van der Waals surface area contributed by atoms with Gasteiger partial charge in [-0.1, -0.05) is 60.7 Å². The first-order valence-electron chi connectivity index (χ1n) is 10.2. The summed E-state index contributed by atoms with van der Waals surface area (Å²) in [7, 11) is 0. The number of hydrogen-bond donors (Lipinski definition) is 0. The van der Waals surface area contributed by atoms with Crippen molar-refractivity contribution in [2.45, 2.75) is 6.92 Å². The highest BCUT2D eigenvalue weighted by Gasteiger charge is 2.22. The molecule has 0 aliphatic heterocycles. The number of allylic oxidation sites excluding steroid dienone is 1. The highest BCUT2D eigenvalue weighted by molar-refractivity contribution is 6.45. The number of esters is 1. The van der Waals surface area contributed by atoms with Crippen molar-refractivity contribution in [1.82, 2.24) is 0 Å². The maximum atomic E-state index is 12.3. The van der Waals surface area contributed by atoms with Crippen LogP contribution in [0.2, 0.25) is 0 Å². The maximum Gasteiger partial charge on any atom is 0.335 e. The third kappa shape index (κ3) is 1.82. The first-order chi connectivity index (χ1) is 14.7.